The van der Waals surface area contributed by atoms with Crippen molar-refractivity contribution in [2.24, 2.45) is 0 Å². The summed E-state index contributed by atoms with van der Waals surface area (Å²) in [6, 6.07) is 14.7. The van der Waals surface area contributed by atoms with Gasteiger partial charge in [0.15, 0.2) is 0 Å². The van der Waals surface area contributed by atoms with Crippen LogP contribution in [0.15, 0.2) is 61.1 Å². The molecule has 2 aromatic heterocycles. The summed E-state index contributed by atoms with van der Waals surface area (Å²) < 4.78 is 15.8. The Morgan fingerprint density at radius 2 is 1.90 bits per heavy atom. The van der Waals surface area contributed by atoms with E-state index in [4.69, 9.17) is 0 Å². The highest BCUT2D eigenvalue weighted by atomic mass is 19.1. The van der Waals surface area contributed by atoms with Crippen molar-refractivity contribution in [2.45, 2.75) is 6.54 Å². The molecule has 0 aliphatic heterocycles. The second-order valence-electron chi connectivity index (χ2n) is 5.00. The van der Waals surface area contributed by atoms with Gasteiger partial charge in [-0.05, 0) is 30.3 Å². The second-order valence-corrected chi connectivity index (χ2v) is 5.00. The van der Waals surface area contributed by atoms with E-state index in [9.17, 15) is 4.39 Å². The largest absolute Gasteiger partial charge is 0.326 e. The molecule has 0 saturated carbocycles. The van der Waals surface area contributed by atoms with E-state index in [1.54, 1.807) is 18.6 Å². The van der Waals surface area contributed by atoms with Crippen LogP contribution in [0.4, 0.5) is 4.39 Å². The molecule has 21 heavy (non-hydrogen) atoms. The van der Waals surface area contributed by atoms with Crippen LogP contribution in [0.1, 0.15) is 5.56 Å². The monoisotopic (exact) mass is 277 g/mol. The molecule has 0 N–H and O–H groups in total. The first-order valence-corrected chi connectivity index (χ1v) is 6.74. The molecule has 0 saturated heterocycles. The number of pyridine rings is 1. The van der Waals surface area contributed by atoms with Crippen LogP contribution < -0.4 is 0 Å². The Hall–Kier alpha value is -2.75. The molecule has 0 spiro atoms. The van der Waals surface area contributed by atoms with Crippen LogP contribution in [0, 0.1) is 5.82 Å². The van der Waals surface area contributed by atoms with Gasteiger partial charge in [-0.2, -0.15) is 0 Å². The van der Waals surface area contributed by atoms with Gasteiger partial charge in [0.05, 0.1) is 29.4 Å². The van der Waals surface area contributed by atoms with Gasteiger partial charge in [0, 0.05) is 17.1 Å². The van der Waals surface area contributed by atoms with Crippen molar-refractivity contribution in [2.75, 3.05) is 0 Å². The Morgan fingerprint density at radius 1 is 1.00 bits per heavy atom. The summed E-state index contributed by atoms with van der Waals surface area (Å²) in [5.74, 6) is -0.241. The third kappa shape index (κ3) is 2.05. The molecule has 4 aromatic rings. The Kier molecular flexibility index (Phi) is 2.67. The summed E-state index contributed by atoms with van der Waals surface area (Å²) in [4.78, 5) is 8.75. The zero-order valence-electron chi connectivity index (χ0n) is 11.2. The maximum atomic E-state index is 13.8. The highest BCUT2D eigenvalue weighted by Gasteiger charge is 2.08. The van der Waals surface area contributed by atoms with Crippen LogP contribution in [0.3, 0.4) is 0 Å². The highest BCUT2D eigenvalue weighted by molar-refractivity contribution is 5.82. The summed E-state index contributed by atoms with van der Waals surface area (Å²) in [5, 5.41) is 0.817. The number of halogens is 1. The maximum absolute atomic E-state index is 13.8. The van der Waals surface area contributed by atoms with E-state index in [-0.39, 0.29) is 5.82 Å². The van der Waals surface area contributed by atoms with E-state index in [2.05, 4.69) is 9.97 Å². The molecule has 102 valence electrons. The van der Waals surface area contributed by atoms with E-state index in [1.807, 2.05) is 41.0 Å². The molecule has 2 aromatic carbocycles. The standard InChI is InChI=1S/C17H12FN3/c18-14-8-12-4-3-7-19-17(12)13(9-14)10-21-11-20-15-5-1-2-6-16(15)21/h1-9,11H,10H2. The van der Waals surface area contributed by atoms with Gasteiger partial charge in [-0.1, -0.05) is 18.2 Å². The fourth-order valence-electron chi connectivity index (χ4n) is 2.67. The van der Waals surface area contributed by atoms with E-state index in [0.717, 1.165) is 27.5 Å². The second kappa shape index (κ2) is 4.66. The van der Waals surface area contributed by atoms with Crippen LogP contribution in [0.5, 0.6) is 0 Å². The van der Waals surface area contributed by atoms with Gasteiger partial charge < -0.3 is 4.57 Å². The van der Waals surface area contributed by atoms with Crippen molar-refractivity contribution < 1.29 is 4.39 Å². The van der Waals surface area contributed by atoms with Gasteiger partial charge in [0.2, 0.25) is 0 Å². The van der Waals surface area contributed by atoms with Gasteiger partial charge in [-0.25, -0.2) is 9.37 Å². The topological polar surface area (TPSA) is 30.7 Å². The fraction of sp³-hybridized carbons (Fsp3) is 0.0588. The minimum Gasteiger partial charge on any atom is -0.326 e. The summed E-state index contributed by atoms with van der Waals surface area (Å²) >= 11 is 0. The number of aromatic nitrogens is 3. The molecule has 2 heterocycles. The number of imidazole rings is 1. The van der Waals surface area contributed by atoms with E-state index in [0.29, 0.717) is 6.54 Å². The number of para-hydroxylation sites is 2. The highest BCUT2D eigenvalue weighted by Crippen LogP contribution is 2.21. The van der Waals surface area contributed by atoms with Crippen LogP contribution in [-0.4, -0.2) is 14.5 Å². The molecule has 0 bridgehead atoms. The lowest BCUT2D eigenvalue weighted by Gasteiger charge is -2.08. The number of fused-ring (bicyclic) bond motifs is 2. The zero-order valence-corrected chi connectivity index (χ0v) is 11.2. The molecule has 4 heteroatoms. The molecule has 0 radical (unpaired) electrons. The summed E-state index contributed by atoms with van der Waals surface area (Å²) in [6.07, 6.45) is 3.51. The SMILES string of the molecule is Fc1cc(Cn2cnc3ccccc32)c2ncccc2c1. The molecule has 0 aliphatic carbocycles. The lowest BCUT2D eigenvalue weighted by atomic mass is 10.1. The van der Waals surface area contributed by atoms with Crippen LogP contribution in [0.2, 0.25) is 0 Å². The van der Waals surface area contributed by atoms with Crippen molar-refractivity contribution in [3.8, 4) is 0 Å². The minimum absolute atomic E-state index is 0.241. The van der Waals surface area contributed by atoms with Crippen LogP contribution in [0.25, 0.3) is 21.9 Å². The Labute approximate surface area is 120 Å². The normalized spacial score (nSPS) is 11.3. The van der Waals surface area contributed by atoms with E-state index >= 15 is 0 Å². The number of nitrogens with zero attached hydrogens (tertiary/aromatic N) is 3. The smallest absolute Gasteiger partial charge is 0.124 e. The molecule has 0 aliphatic rings. The molecule has 0 unspecified atom stereocenters. The maximum Gasteiger partial charge on any atom is 0.124 e. The van der Waals surface area contributed by atoms with Gasteiger partial charge in [-0.3, -0.25) is 4.98 Å². The number of rotatable bonds is 2. The zero-order chi connectivity index (χ0) is 14.2. The van der Waals surface area contributed by atoms with Gasteiger partial charge in [0.1, 0.15) is 5.82 Å². The van der Waals surface area contributed by atoms with Crippen molar-refractivity contribution in [3.63, 3.8) is 0 Å². The predicted octanol–water partition coefficient (Wildman–Crippen LogP) is 3.77. The summed E-state index contributed by atoms with van der Waals surface area (Å²) in [5.41, 5.74) is 3.66. The molecule has 4 rings (SSSR count). The first-order chi connectivity index (χ1) is 10.3. The van der Waals surface area contributed by atoms with Gasteiger partial charge in [-0.15, -0.1) is 0 Å². The average Bonchev–Trinajstić information content (AvgIpc) is 2.90. The minimum atomic E-state index is -0.241. The molecule has 0 amide bonds. The van der Waals surface area contributed by atoms with E-state index < -0.39 is 0 Å². The lowest BCUT2D eigenvalue weighted by Crippen LogP contribution is -2.00. The molecule has 0 atom stereocenters. The molecular weight excluding hydrogens is 265 g/mol. The van der Waals surface area contributed by atoms with Crippen LogP contribution >= 0.6 is 0 Å². The number of hydrogen-bond donors (Lipinski definition) is 0. The van der Waals surface area contributed by atoms with Crippen molar-refractivity contribution in [1.29, 1.82) is 0 Å². The summed E-state index contributed by atoms with van der Waals surface area (Å²) in [7, 11) is 0. The van der Waals surface area contributed by atoms with Gasteiger partial charge >= 0.3 is 0 Å². The van der Waals surface area contributed by atoms with Crippen molar-refractivity contribution in [1.82, 2.24) is 14.5 Å². The van der Waals surface area contributed by atoms with Crippen LogP contribution in [-0.2, 0) is 6.54 Å². The molecule has 0 fully saturated rings. The fourth-order valence-corrected chi connectivity index (χ4v) is 2.67. The third-order valence-electron chi connectivity index (χ3n) is 3.62. The first-order valence-electron chi connectivity index (χ1n) is 6.74. The summed E-state index contributed by atoms with van der Waals surface area (Å²) in [6.45, 7) is 0.547. The quantitative estimate of drug-likeness (QED) is 0.558. The average molecular weight is 277 g/mol. The Bertz CT molecular complexity index is 943. The first kappa shape index (κ1) is 12.0. The van der Waals surface area contributed by atoms with E-state index in [1.165, 1.54) is 6.07 Å². The van der Waals surface area contributed by atoms with Gasteiger partial charge in [0.25, 0.3) is 0 Å². The molecular formula is C17H12FN3. The third-order valence-corrected chi connectivity index (χ3v) is 3.62. The number of benzene rings is 2. The lowest BCUT2D eigenvalue weighted by molar-refractivity contribution is 0.626. The Morgan fingerprint density at radius 3 is 2.86 bits per heavy atom. The Balaban J connectivity index is 1.87. The molecule has 3 nitrogen and oxygen atoms in total. The number of hydrogen-bond acceptors (Lipinski definition) is 2. The van der Waals surface area contributed by atoms with Crippen molar-refractivity contribution >= 4 is 21.9 Å². The van der Waals surface area contributed by atoms with Crippen molar-refractivity contribution in [3.05, 3.63) is 72.4 Å². The predicted molar refractivity (Wildman–Crippen MR) is 80.5 cm³/mol.